The molecule has 0 heterocycles. The Kier molecular flexibility index (Phi) is 2.73. The van der Waals surface area contributed by atoms with Gasteiger partial charge in [-0.1, -0.05) is 33.8 Å². The normalized spacial score (nSPS) is 46.4. The predicted octanol–water partition coefficient (Wildman–Crippen LogP) is 3.78. The maximum atomic E-state index is 11.0. The highest BCUT2D eigenvalue weighted by Gasteiger charge is 2.54. The molecular formula is C15H26O. The lowest BCUT2D eigenvalue weighted by atomic mass is 9.58. The maximum Gasteiger partial charge on any atom is 0.0887 e. The van der Waals surface area contributed by atoms with Crippen LogP contribution in [0.3, 0.4) is 0 Å². The fourth-order valence-electron chi connectivity index (χ4n) is 4.24. The Hall–Kier alpha value is -0.300. The summed E-state index contributed by atoms with van der Waals surface area (Å²) in [5.74, 6) is 1.94. The molecule has 2 rings (SSSR count). The fraction of sp³-hybridized carbons (Fsp3) is 0.867. The molecule has 1 N–H and O–H groups in total. The Morgan fingerprint density at radius 3 is 2.50 bits per heavy atom. The highest BCUT2D eigenvalue weighted by molar-refractivity contribution is 5.18. The van der Waals surface area contributed by atoms with Crippen LogP contribution in [0.25, 0.3) is 0 Å². The standard InChI is InChI=1S/C15H26O/c1-10(2)15(16)9-14(4,5)8-12-11(3)6-7-13(12)15/h11-13,16H,1,6-9H2,2-5H3/t11-,12+,13-,15+/m1/s1. The molecule has 2 saturated carbocycles. The summed E-state index contributed by atoms with van der Waals surface area (Å²) in [6.45, 7) is 13.0. The van der Waals surface area contributed by atoms with Gasteiger partial charge in [0.25, 0.3) is 0 Å². The minimum atomic E-state index is -0.600. The molecule has 0 aliphatic heterocycles. The number of rotatable bonds is 1. The van der Waals surface area contributed by atoms with Crippen molar-refractivity contribution in [1.29, 1.82) is 0 Å². The average Bonchev–Trinajstić information content (AvgIpc) is 2.46. The minimum absolute atomic E-state index is 0.257. The van der Waals surface area contributed by atoms with E-state index in [0.29, 0.717) is 11.8 Å². The molecule has 2 aliphatic carbocycles. The van der Waals surface area contributed by atoms with E-state index in [0.717, 1.165) is 17.9 Å². The molecule has 2 fully saturated rings. The van der Waals surface area contributed by atoms with Crippen LogP contribution in [-0.4, -0.2) is 10.7 Å². The molecule has 1 nitrogen and oxygen atoms in total. The van der Waals surface area contributed by atoms with Crippen LogP contribution < -0.4 is 0 Å². The summed E-state index contributed by atoms with van der Waals surface area (Å²) in [6.07, 6.45) is 4.63. The molecule has 4 atom stereocenters. The maximum absolute atomic E-state index is 11.0. The van der Waals surface area contributed by atoms with Crippen molar-refractivity contribution < 1.29 is 5.11 Å². The lowest BCUT2D eigenvalue weighted by Gasteiger charge is -2.50. The lowest BCUT2D eigenvalue weighted by molar-refractivity contribution is -0.0817. The summed E-state index contributed by atoms with van der Waals surface area (Å²) >= 11 is 0. The molecule has 0 aromatic carbocycles. The first-order valence-electron chi connectivity index (χ1n) is 6.65. The van der Waals surface area contributed by atoms with E-state index in [4.69, 9.17) is 0 Å². The molecule has 2 aliphatic rings. The summed E-state index contributed by atoms with van der Waals surface area (Å²) in [5, 5.41) is 11.0. The molecule has 1 heteroatoms. The first-order valence-corrected chi connectivity index (χ1v) is 6.65. The molecule has 92 valence electrons. The van der Waals surface area contributed by atoms with E-state index in [1.807, 2.05) is 6.92 Å². The molecule has 0 amide bonds. The zero-order valence-corrected chi connectivity index (χ0v) is 11.2. The Balaban J connectivity index is 2.35. The molecule has 0 saturated heterocycles. The summed E-state index contributed by atoms with van der Waals surface area (Å²) in [6, 6.07) is 0. The zero-order chi connectivity index (χ0) is 12.1. The van der Waals surface area contributed by atoms with Crippen molar-refractivity contribution in [3.63, 3.8) is 0 Å². The number of hydrogen-bond acceptors (Lipinski definition) is 1. The van der Waals surface area contributed by atoms with Gasteiger partial charge in [-0.3, -0.25) is 0 Å². The van der Waals surface area contributed by atoms with Crippen LogP contribution in [0, 0.1) is 23.2 Å². The van der Waals surface area contributed by atoms with Gasteiger partial charge in [-0.05, 0) is 54.9 Å². The van der Waals surface area contributed by atoms with E-state index >= 15 is 0 Å². The van der Waals surface area contributed by atoms with Gasteiger partial charge >= 0.3 is 0 Å². The van der Waals surface area contributed by atoms with Crippen molar-refractivity contribution >= 4 is 0 Å². The third-order valence-electron chi connectivity index (χ3n) is 5.07. The highest BCUT2D eigenvalue weighted by atomic mass is 16.3. The molecule has 16 heavy (non-hydrogen) atoms. The predicted molar refractivity (Wildman–Crippen MR) is 68.2 cm³/mol. The van der Waals surface area contributed by atoms with Crippen LogP contribution in [0.5, 0.6) is 0 Å². The van der Waals surface area contributed by atoms with E-state index in [9.17, 15) is 5.11 Å². The lowest BCUT2D eigenvalue weighted by Crippen LogP contribution is -2.50. The number of aliphatic hydroxyl groups is 1. The van der Waals surface area contributed by atoms with Crippen LogP contribution >= 0.6 is 0 Å². The topological polar surface area (TPSA) is 20.2 Å². The second kappa shape index (κ2) is 3.60. The van der Waals surface area contributed by atoms with Gasteiger partial charge in [0.15, 0.2) is 0 Å². The third kappa shape index (κ3) is 1.73. The van der Waals surface area contributed by atoms with Crippen LogP contribution in [-0.2, 0) is 0 Å². The molecule has 0 unspecified atom stereocenters. The van der Waals surface area contributed by atoms with Crippen LogP contribution in [0.15, 0.2) is 12.2 Å². The molecule has 0 bridgehead atoms. The second-order valence-corrected chi connectivity index (χ2v) is 7.07. The number of fused-ring (bicyclic) bond motifs is 1. The van der Waals surface area contributed by atoms with E-state index in [2.05, 4.69) is 27.4 Å². The molecule has 0 aromatic rings. The number of hydrogen-bond donors (Lipinski definition) is 1. The smallest absolute Gasteiger partial charge is 0.0887 e. The van der Waals surface area contributed by atoms with Crippen LogP contribution in [0.1, 0.15) is 53.4 Å². The average molecular weight is 222 g/mol. The highest BCUT2D eigenvalue weighted by Crippen LogP contribution is 2.57. The van der Waals surface area contributed by atoms with Crippen molar-refractivity contribution in [3.8, 4) is 0 Å². The van der Waals surface area contributed by atoms with E-state index in [1.165, 1.54) is 19.3 Å². The van der Waals surface area contributed by atoms with Crippen molar-refractivity contribution in [3.05, 3.63) is 12.2 Å². The van der Waals surface area contributed by atoms with Gasteiger partial charge < -0.3 is 5.11 Å². The first-order chi connectivity index (χ1) is 7.26. The molecule has 0 spiro atoms. The van der Waals surface area contributed by atoms with Crippen molar-refractivity contribution in [1.82, 2.24) is 0 Å². The van der Waals surface area contributed by atoms with Crippen LogP contribution in [0.4, 0.5) is 0 Å². The van der Waals surface area contributed by atoms with Crippen LogP contribution in [0.2, 0.25) is 0 Å². The van der Waals surface area contributed by atoms with Gasteiger partial charge in [-0.2, -0.15) is 0 Å². The summed E-state index contributed by atoms with van der Waals surface area (Å²) < 4.78 is 0. The van der Waals surface area contributed by atoms with Crippen molar-refractivity contribution in [2.75, 3.05) is 0 Å². The van der Waals surface area contributed by atoms with Gasteiger partial charge in [0.1, 0.15) is 0 Å². The van der Waals surface area contributed by atoms with E-state index in [-0.39, 0.29) is 5.41 Å². The molecule has 0 aromatic heterocycles. The molecule has 0 radical (unpaired) electrons. The summed E-state index contributed by atoms with van der Waals surface area (Å²) in [4.78, 5) is 0. The van der Waals surface area contributed by atoms with E-state index in [1.54, 1.807) is 0 Å². The van der Waals surface area contributed by atoms with Gasteiger partial charge in [0, 0.05) is 0 Å². The zero-order valence-electron chi connectivity index (χ0n) is 11.2. The van der Waals surface area contributed by atoms with Crippen molar-refractivity contribution in [2.24, 2.45) is 23.2 Å². The summed E-state index contributed by atoms with van der Waals surface area (Å²) in [7, 11) is 0. The largest absolute Gasteiger partial charge is 0.385 e. The first kappa shape index (κ1) is 12.2. The van der Waals surface area contributed by atoms with Gasteiger partial charge in [-0.25, -0.2) is 0 Å². The van der Waals surface area contributed by atoms with Crippen molar-refractivity contribution in [2.45, 2.75) is 59.0 Å². The van der Waals surface area contributed by atoms with Gasteiger partial charge in [0.2, 0.25) is 0 Å². The van der Waals surface area contributed by atoms with E-state index < -0.39 is 5.60 Å². The minimum Gasteiger partial charge on any atom is -0.385 e. The quantitative estimate of drug-likeness (QED) is 0.669. The Bertz CT molecular complexity index is 305. The fourth-order valence-corrected chi connectivity index (χ4v) is 4.24. The molecular weight excluding hydrogens is 196 g/mol. The SMILES string of the molecule is C=C(C)[C@@]1(O)CC(C)(C)C[C@H]2[C@H](C)CC[C@H]21. The monoisotopic (exact) mass is 222 g/mol. The third-order valence-corrected chi connectivity index (χ3v) is 5.07. The van der Waals surface area contributed by atoms with Gasteiger partial charge in [0.05, 0.1) is 5.60 Å². The summed E-state index contributed by atoms with van der Waals surface area (Å²) in [5.41, 5.74) is 0.634. The Morgan fingerprint density at radius 2 is 1.94 bits per heavy atom. The Morgan fingerprint density at radius 1 is 1.31 bits per heavy atom. The van der Waals surface area contributed by atoms with Gasteiger partial charge in [-0.15, -0.1) is 0 Å². The second-order valence-electron chi connectivity index (χ2n) is 7.07. The Labute approximate surface area is 99.9 Å².